The van der Waals surface area contributed by atoms with Gasteiger partial charge in [-0.1, -0.05) is 112 Å². The highest BCUT2D eigenvalue weighted by atomic mass is 31.2. The predicted octanol–water partition coefficient (Wildman–Crippen LogP) is 8.52. The minimum Gasteiger partial charge on any atom is -0.462 e. The van der Waals surface area contributed by atoms with Crippen molar-refractivity contribution in [3.05, 3.63) is 83.9 Å². The van der Waals surface area contributed by atoms with Crippen molar-refractivity contribution in [2.75, 3.05) is 47.5 Å². The first-order valence-corrected chi connectivity index (χ1v) is 21.7. The SMILES string of the molecule is C=Cc1ccc(COC(=O)CCCCCCCC(=O)OC[C@H](COP(=O)(O)OCC[N+](C)(C)C)OC(=O)CCCCCCCC(=O)OCc2ccc(C=C)cc2)cc1. The second kappa shape index (κ2) is 28.3. The molecule has 0 bridgehead atoms. The highest BCUT2D eigenvalue weighted by molar-refractivity contribution is 7.47. The number of quaternary nitrogens is 1. The Hall–Kier alpha value is -4.13. The van der Waals surface area contributed by atoms with Gasteiger partial charge in [0, 0.05) is 25.7 Å². The van der Waals surface area contributed by atoms with Gasteiger partial charge >= 0.3 is 31.7 Å². The molecule has 14 heteroatoms. The first-order chi connectivity index (χ1) is 27.7. The standard InChI is InChI=1S/C44H64NO12P/c1-6-36-22-26-38(27-23-36)32-52-41(46)18-14-10-8-11-16-20-43(48)54-34-40(35-56-58(50,51)55-31-30-45(3,4)5)57-44(49)21-17-13-9-12-15-19-42(47)53-33-39-28-24-37(7-2)25-29-39/h6-7,22-29,40H,1-2,8-21,30-35H2,3-5H3/p+1/t40-/m1/s1. The number of carbonyl (C=O) groups is 4. The van der Waals surface area contributed by atoms with E-state index >= 15 is 0 Å². The number of esters is 4. The Labute approximate surface area is 344 Å². The van der Waals surface area contributed by atoms with Crippen molar-refractivity contribution < 1.29 is 61.1 Å². The van der Waals surface area contributed by atoms with Crippen LogP contribution in [0.15, 0.2) is 61.7 Å². The van der Waals surface area contributed by atoms with E-state index < -0.39 is 32.5 Å². The maximum atomic E-state index is 12.7. The average molecular weight is 831 g/mol. The summed E-state index contributed by atoms with van der Waals surface area (Å²) in [5, 5.41) is 0. The molecule has 0 aliphatic heterocycles. The second-order valence-corrected chi connectivity index (χ2v) is 16.6. The van der Waals surface area contributed by atoms with E-state index in [2.05, 4.69) is 13.2 Å². The Balaban J connectivity index is 1.66. The number of phosphoric ester groups is 1. The van der Waals surface area contributed by atoms with Crippen LogP contribution < -0.4 is 0 Å². The Morgan fingerprint density at radius 1 is 0.603 bits per heavy atom. The lowest BCUT2D eigenvalue weighted by Gasteiger charge is -2.24. The molecule has 13 nitrogen and oxygen atoms in total. The Bertz CT molecular complexity index is 1590. The van der Waals surface area contributed by atoms with Crippen LogP contribution in [-0.4, -0.2) is 86.9 Å². The van der Waals surface area contributed by atoms with Crippen molar-refractivity contribution in [1.29, 1.82) is 0 Å². The van der Waals surface area contributed by atoms with Gasteiger partial charge in [-0.05, 0) is 47.9 Å². The van der Waals surface area contributed by atoms with Gasteiger partial charge in [0.25, 0.3) is 0 Å². The summed E-state index contributed by atoms with van der Waals surface area (Å²) in [5.74, 6) is -1.56. The van der Waals surface area contributed by atoms with Crippen LogP contribution in [0.1, 0.15) is 112 Å². The van der Waals surface area contributed by atoms with Gasteiger partial charge in [0.2, 0.25) is 0 Å². The van der Waals surface area contributed by atoms with E-state index in [-0.39, 0.29) is 51.2 Å². The number of hydrogen-bond acceptors (Lipinski definition) is 11. The summed E-state index contributed by atoms with van der Waals surface area (Å²) < 4.78 is 44.7. The van der Waals surface area contributed by atoms with Crippen LogP contribution in [0, 0.1) is 0 Å². The normalized spacial score (nSPS) is 12.8. The minimum atomic E-state index is -4.46. The molecular formula is C44H65NO12P+. The largest absolute Gasteiger partial charge is 0.472 e. The van der Waals surface area contributed by atoms with Crippen molar-refractivity contribution >= 4 is 43.9 Å². The van der Waals surface area contributed by atoms with Gasteiger partial charge in [0.1, 0.15) is 33.0 Å². The minimum absolute atomic E-state index is 0.0294. The molecule has 0 saturated heterocycles. The van der Waals surface area contributed by atoms with Gasteiger partial charge < -0.3 is 28.3 Å². The highest BCUT2D eigenvalue weighted by Gasteiger charge is 2.27. The third-order valence-corrected chi connectivity index (χ3v) is 9.91. The first kappa shape index (κ1) is 50.0. The third kappa shape index (κ3) is 25.3. The topological polar surface area (TPSA) is 161 Å². The molecule has 0 saturated carbocycles. The Morgan fingerprint density at radius 2 is 1.00 bits per heavy atom. The lowest BCUT2D eigenvalue weighted by Crippen LogP contribution is -2.37. The van der Waals surface area contributed by atoms with Crippen LogP contribution in [0.25, 0.3) is 12.2 Å². The van der Waals surface area contributed by atoms with Crippen molar-refractivity contribution in [3.63, 3.8) is 0 Å². The fourth-order valence-electron chi connectivity index (χ4n) is 5.37. The number of rotatable bonds is 32. The van der Waals surface area contributed by atoms with Gasteiger partial charge in [-0.25, -0.2) is 4.57 Å². The smallest absolute Gasteiger partial charge is 0.462 e. The zero-order valence-corrected chi connectivity index (χ0v) is 35.6. The molecule has 0 fully saturated rings. The van der Waals surface area contributed by atoms with Crippen molar-refractivity contribution in [2.45, 2.75) is 109 Å². The summed E-state index contributed by atoms with van der Waals surface area (Å²) in [5.41, 5.74) is 3.82. The number of hydrogen-bond donors (Lipinski definition) is 1. The zero-order chi connectivity index (χ0) is 42.7. The molecule has 0 aromatic heterocycles. The maximum Gasteiger partial charge on any atom is 0.472 e. The van der Waals surface area contributed by atoms with Crippen molar-refractivity contribution in [3.8, 4) is 0 Å². The number of phosphoric acid groups is 1. The third-order valence-electron chi connectivity index (χ3n) is 8.92. The van der Waals surface area contributed by atoms with E-state index in [4.69, 9.17) is 28.0 Å². The first-order valence-electron chi connectivity index (χ1n) is 20.2. The lowest BCUT2D eigenvalue weighted by molar-refractivity contribution is -0.870. The van der Waals surface area contributed by atoms with Crippen LogP contribution in [0.3, 0.4) is 0 Å². The number of nitrogens with zero attached hydrogens (tertiary/aromatic N) is 1. The molecule has 0 heterocycles. The Morgan fingerprint density at radius 3 is 1.41 bits per heavy atom. The molecule has 0 aliphatic carbocycles. The molecule has 1 N–H and O–H groups in total. The summed E-state index contributed by atoms with van der Waals surface area (Å²) in [6.07, 6.45) is 10.5. The molecule has 2 aromatic carbocycles. The highest BCUT2D eigenvalue weighted by Crippen LogP contribution is 2.43. The van der Waals surface area contributed by atoms with Gasteiger partial charge in [-0.3, -0.25) is 28.2 Å². The van der Waals surface area contributed by atoms with E-state index in [1.807, 2.05) is 69.7 Å². The fraction of sp³-hybridized carbons (Fsp3) is 0.545. The van der Waals surface area contributed by atoms with E-state index in [1.165, 1.54) is 0 Å². The summed E-state index contributed by atoms with van der Waals surface area (Å²) in [7, 11) is 1.27. The van der Waals surface area contributed by atoms with Crippen LogP contribution in [0.2, 0.25) is 0 Å². The zero-order valence-electron chi connectivity index (χ0n) is 34.7. The number of benzene rings is 2. The number of likely N-dealkylation sites (N-methyl/N-ethyl adjacent to an activating group) is 1. The predicted molar refractivity (Wildman–Crippen MR) is 223 cm³/mol. The molecule has 0 spiro atoms. The molecule has 2 atom stereocenters. The van der Waals surface area contributed by atoms with E-state index in [0.29, 0.717) is 49.6 Å². The summed E-state index contributed by atoms with van der Waals surface area (Å²) >= 11 is 0. The summed E-state index contributed by atoms with van der Waals surface area (Å²) in [6, 6.07) is 15.3. The molecule has 322 valence electrons. The quantitative estimate of drug-likeness (QED) is 0.0247. The fourth-order valence-corrected chi connectivity index (χ4v) is 6.12. The molecule has 0 amide bonds. The number of ether oxygens (including phenoxy) is 4. The molecule has 2 rings (SSSR count). The van der Waals surface area contributed by atoms with Crippen molar-refractivity contribution in [2.24, 2.45) is 0 Å². The van der Waals surface area contributed by atoms with E-state index in [0.717, 1.165) is 60.8 Å². The molecule has 0 aliphatic rings. The number of carbonyl (C=O) groups excluding carboxylic acids is 4. The lowest BCUT2D eigenvalue weighted by atomic mass is 10.1. The van der Waals surface area contributed by atoms with Crippen LogP contribution in [-0.2, 0) is 65.0 Å². The van der Waals surface area contributed by atoms with E-state index in [1.54, 1.807) is 12.2 Å². The van der Waals surface area contributed by atoms with Gasteiger partial charge in [0.05, 0.1) is 27.7 Å². The van der Waals surface area contributed by atoms with E-state index in [9.17, 15) is 28.6 Å². The summed E-state index contributed by atoms with van der Waals surface area (Å²) in [4.78, 5) is 59.6. The van der Waals surface area contributed by atoms with Gasteiger partial charge in [0.15, 0.2) is 6.10 Å². The van der Waals surface area contributed by atoms with Crippen LogP contribution in [0.5, 0.6) is 0 Å². The monoisotopic (exact) mass is 830 g/mol. The second-order valence-electron chi connectivity index (χ2n) is 15.2. The maximum absolute atomic E-state index is 12.7. The molecule has 58 heavy (non-hydrogen) atoms. The van der Waals surface area contributed by atoms with Crippen molar-refractivity contribution in [1.82, 2.24) is 0 Å². The number of unbranched alkanes of at least 4 members (excludes halogenated alkanes) is 8. The van der Waals surface area contributed by atoms with Crippen LogP contribution in [0.4, 0.5) is 0 Å². The molecule has 1 unspecified atom stereocenters. The average Bonchev–Trinajstić information content (AvgIpc) is 3.19. The molecular weight excluding hydrogens is 765 g/mol. The molecule has 2 aromatic rings. The Kier molecular flexibility index (Phi) is 24.4. The van der Waals surface area contributed by atoms with Crippen LogP contribution >= 0.6 is 7.82 Å². The summed E-state index contributed by atoms with van der Waals surface area (Å²) in [6.45, 7) is 7.48. The van der Waals surface area contributed by atoms with Gasteiger partial charge in [-0.15, -0.1) is 0 Å². The van der Waals surface area contributed by atoms with Gasteiger partial charge in [-0.2, -0.15) is 0 Å². The molecule has 0 radical (unpaired) electrons.